The average molecular weight is 295 g/mol. The van der Waals surface area contributed by atoms with Crippen LogP contribution >= 0.6 is 0 Å². The van der Waals surface area contributed by atoms with E-state index >= 15 is 0 Å². The predicted molar refractivity (Wildman–Crippen MR) is 73.2 cm³/mol. The molecular weight excluding hydrogens is 275 g/mol. The van der Waals surface area contributed by atoms with Crippen LogP contribution in [0.5, 0.6) is 0 Å². The third kappa shape index (κ3) is 3.17. The van der Waals surface area contributed by atoms with Crippen LogP contribution in [0.25, 0.3) is 0 Å². The fourth-order valence-corrected chi connectivity index (χ4v) is 4.13. The minimum absolute atomic E-state index is 0.164. The van der Waals surface area contributed by atoms with Crippen LogP contribution in [0.1, 0.15) is 33.1 Å². The number of benzene rings is 1. The van der Waals surface area contributed by atoms with Gasteiger partial charge in [0.15, 0.2) is 0 Å². The van der Waals surface area contributed by atoms with Gasteiger partial charge >= 0.3 is 110 Å². The topological polar surface area (TPSA) is 24.7 Å². The standard InChI is InChI=1S/C14H20N2Se/c1-3-14(4-2)10-12(15-16-14)11-17-13-8-6-5-7-9-13/h5-9,12H,3-4,10-11H2,1-2H3. The number of hydrogen-bond donors (Lipinski definition) is 0. The van der Waals surface area contributed by atoms with Crippen molar-refractivity contribution in [1.29, 1.82) is 0 Å². The Bertz CT molecular complexity index is 371. The van der Waals surface area contributed by atoms with Crippen molar-refractivity contribution in [3.8, 4) is 0 Å². The molecule has 1 aliphatic rings. The second-order valence-corrected chi connectivity index (χ2v) is 6.92. The molecule has 0 saturated heterocycles. The summed E-state index contributed by atoms with van der Waals surface area (Å²) in [4.78, 5) is 0. The van der Waals surface area contributed by atoms with Crippen molar-refractivity contribution in [3.05, 3.63) is 30.3 Å². The van der Waals surface area contributed by atoms with E-state index in [1.165, 1.54) is 9.78 Å². The van der Waals surface area contributed by atoms with Crippen molar-refractivity contribution < 1.29 is 0 Å². The molecule has 0 fully saturated rings. The van der Waals surface area contributed by atoms with Crippen LogP contribution in [-0.4, -0.2) is 26.5 Å². The summed E-state index contributed by atoms with van der Waals surface area (Å²) in [6.45, 7) is 4.46. The van der Waals surface area contributed by atoms with E-state index in [-0.39, 0.29) is 5.54 Å². The molecule has 1 aliphatic heterocycles. The predicted octanol–water partition coefficient (Wildman–Crippen LogP) is 3.22. The molecular formula is C14H20N2Se. The summed E-state index contributed by atoms with van der Waals surface area (Å²) in [5.41, 5.74) is 0.164. The van der Waals surface area contributed by atoms with E-state index in [9.17, 15) is 0 Å². The second kappa shape index (κ2) is 5.79. The monoisotopic (exact) mass is 296 g/mol. The van der Waals surface area contributed by atoms with Gasteiger partial charge in [-0.15, -0.1) is 0 Å². The van der Waals surface area contributed by atoms with Crippen LogP contribution in [0.2, 0.25) is 5.32 Å². The molecule has 2 rings (SSSR count). The van der Waals surface area contributed by atoms with Gasteiger partial charge in [-0.1, -0.05) is 0 Å². The summed E-state index contributed by atoms with van der Waals surface area (Å²) in [6, 6.07) is 11.2. The first kappa shape index (κ1) is 12.8. The van der Waals surface area contributed by atoms with Gasteiger partial charge in [0, 0.05) is 0 Å². The maximum atomic E-state index is 4.53. The van der Waals surface area contributed by atoms with Gasteiger partial charge in [-0.2, -0.15) is 0 Å². The van der Waals surface area contributed by atoms with E-state index in [2.05, 4.69) is 54.4 Å². The van der Waals surface area contributed by atoms with E-state index in [1.54, 1.807) is 0 Å². The van der Waals surface area contributed by atoms with E-state index in [4.69, 9.17) is 0 Å². The van der Waals surface area contributed by atoms with E-state index in [0.717, 1.165) is 19.3 Å². The van der Waals surface area contributed by atoms with E-state index < -0.39 is 0 Å². The molecule has 0 radical (unpaired) electrons. The molecule has 0 saturated carbocycles. The Kier molecular flexibility index (Phi) is 4.36. The molecule has 3 heteroatoms. The Morgan fingerprint density at radius 3 is 2.53 bits per heavy atom. The average Bonchev–Trinajstić information content (AvgIpc) is 2.82. The van der Waals surface area contributed by atoms with Crippen molar-refractivity contribution in [3.63, 3.8) is 0 Å². The fourth-order valence-electron chi connectivity index (χ4n) is 2.21. The zero-order chi connectivity index (χ0) is 12.1. The van der Waals surface area contributed by atoms with Gasteiger partial charge in [-0.05, 0) is 0 Å². The van der Waals surface area contributed by atoms with Crippen LogP contribution in [0, 0.1) is 0 Å². The number of azo groups is 1. The molecule has 0 aliphatic carbocycles. The Labute approximate surface area is 110 Å². The number of rotatable bonds is 5. The Morgan fingerprint density at radius 1 is 1.24 bits per heavy atom. The fraction of sp³-hybridized carbons (Fsp3) is 0.571. The van der Waals surface area contributed by atoms with Gasteiger partial charge in [-0.25, -0.2) is 0 Å². The number of nitrogens with zero attached hydrogens (tertiary/aromatic N) is 2. The van der Waals surface area contributed by atoms with Crippen molar-refractivity contribution in [2.45, 2.75) is 50.0 Å². The third-order valence-electron chi connectivity index (χ3n) is 3.55. The van der Waals surface area contributed by atoms with Crippen LogP contribution in [-0.2, 0) is 0 Å². The van der Waals surface area contributed by atoms with Gasteiger partial charge in [-0.3, -0.25) is 0 Å². The normalized spacial score (nSPS) is 21.9. The second-order valence-electron chi connectivity index (χ2n) is 4.63. The first-order valence-electron chi connectivity index (χ1n) is 6.38. The summed E-state index contributed by atoms with van der Waals surface area (Å²) in [6.07, 6.45) is 3.41. The van der Waals surface area contributed by atoms with Gasteiger partial charge in [0.1, 0.15) is 0 Å². The van der Waals surface area contributed by atoms with E-state index in [0.29, 0.717) is 21.0 Å². The number of hydrogen-bond acceptors (Lipinski definition) is 2. The first-order valence-corrected chi connectivity index (χ1v) is 8.44. The molecule has 0 amide bonds. The summed E-state index contributed by atoms with van der Waals surface area (Å²) in [5.74, 6) is 0. The van der Waals surface area contributed by atoms with Crippen molar-refractivity contribution >= 4 is 19.4 Å². The quantitative estimate of drug-likeness (QED) is 0.745. The molecule has 1 atom stereocenters. The first-order chi connectivity index (χ1) is 8.28. The zero-order valence-electron chi connectivity index (χ0n) is 10.6. The van der Waals surface area contributed by atoms with Gasteiger partial charge in [0.2, 0.25) is 0 Å². The zero-order valence-corrected chi connectivity index (χ0v) is 12.3. The SMILES string of the molecule is CCC1(CC)CC(C[Se]c2ccccc2)N=N1. The molecule has 0 bridgehead atoms. The molecule has 1 heterocycles. The van der Waals surface area contributed by atoms with Crippen molar-refractivity contribution in [2.24, 2.45) is 10.2 Å². The molecule has 0 N–H and O–H groups in total. The molecule has 1 aromatic carbocycles. The van der Waals surface area contributed by atoms with Gasteiger partial charge < -0.3 is 0 Å². The van der Waals surface area contributed by atoms with Crippen LogP contribution < -0.4 is 4.46 Å². The van der Waals surface area contributed by atoms with Crippen LogP contribution in [0.4, 0.5) is 0 Å². The van der Waals surface area contributed by atoms with Crippen molar-refractivity contribution in [2.75, 3.05) is 0 Å². The Hall–Kier alpha value is -0.661. The minimum atomic E-state index is 0.164. The summed E-state index contributed by atoms with van der Waals surface area (Å²) >= 11 is 0.544. The van der Waals surface area contributed by atoms with Crippen LogP contribution in [0.3, 0.4) is 0 Å². The van der Waals surface area contributed by atoms with Gasteiger partial charge in [0.05, 0.1) is 0 Å². The third-order valence-corrected chi connectivity index (χ3v) is 5.98. The molecule has 92 valence electrons. The maximum absolute atomic E-state index is 4.53. The van der Waals surface area contributed by atoms with Gasteiger partial charge in [0.25, 0.3) is 0 Å². The molecule has 1 aromatic rings. The molecule has 0 spiro atoms. The Balaban J connectivity index is 1.85. The van der Waals surface area contributed by atoms with Crippen molar-refractivity contribution in [1.82, 2.24) is 0 Å². The summed E-state index contributed by atoms with van der Waals surface area (Å²) < 4.78 is 1.47. The summed E-state index contributed by atoms with van der Waals surface area (Å²) in [5, 5.41) is 10.2. The summed E-state index contributed by atoms with van der Waals surface area (Å²) in [7, 11) is 0. The molecule has 17 heavy (non-hydrogen) atoms. The molecule has 1 unspecified atom stereocenters. The molecule has 0 aromatic heterocycles. The Morgan fingerprint density at radius 2 is 1.94 bits per heavy atom. The van der Waals surface area contributed by atoms with E-state index in [1.807, 2.05) is 0 Å². The molecule has 2 nitrogen and oxygen atoms in total. The van der Waals surface area contributed by atoms with Crippen LogP contribution in [0.15, 0.2) is 40.6 Å².